The van der Waals surface area contributed by atoms with E-state index in [0.29, 0.717) is 21.3 Å². The first kappa shape index (κ1) is 20.4. The summed E-state index contributed by atoms with van der Waals surface area (Å²) in [5.41, 5.74) is 2.50. The van der Waals surface area contributed by atoms with Crippen molar-refractivity contribution < 1.29 is 13.9 Å². The molecule has 0 aliphatic rings. The standard InChI is InChI=1S/C20H15ClN4O3S2/c1-27-15-8-4-12(5-9-15)16-10-29-19(22-16)23-17(26)11-30-20-25-24-18(28-20)13-2-6-14(21)7-3-13/h2-10H,11H2,1H3,(H,22,23,26). The van der Waals surface area contributed by atoms with Gasteiger partial charge in [-0.25, -0.2) is 4.98 Å². The molecule has 10 heteroatoms. The van der Waals surface area contributed by atoms with E-state index >= 15 is 0 Å². The van der Waals surface area contributed by atoms with Crippen LogP contribution in [0.5, 0.6) is 5.75 Å². The number of hydrogen-bond acceptors (Lipinski definition) is 8. The number of methoxy groups -OCH3 is 1. The summed E-state index contributed by atoms with van der Waals surface area (Å²) >= 11 is 8.40. The minimum atomic E-state index is -0.207. The Morgan fingerprint density at radius 3 is 2.60 bits per heavy atom. The zero-order valence-electron chi connectivity index (χ0n) is 15.7. The van der Waals surface area contributed by atoms with Gasteiger partial charge in [-0.05, 0) is 48.5 Å². The average Bonchev–Trinajstić information content (AvgIpc) is 3.43. The molecule has 0 aliphatic heterocycles. The molecule has 0 spiro atoms. The maximum absolute atomic E-state index is 12.2. The van der Waals surface area contributed by atoms with Crippen LogP contribution in [0.4, 0.5) is 5.13 Å². The number of halogens is 1. The molecule has 0 bridgehead atoms. The number of nitrogens with one attached hydrogen (secondary N) is 1. The molecule has 1 amide bonds. The second-order valence-corrected chi connectivity index (χ2v) is 8.20. The van der Waals surface area contributed by atoms with E-state index in [0.717, 1.165) is 34.3 Å². The number of thioether (sulfide) groups is 1. The van der Waals surface area contributed by atoms with Gasteiger partial charge in [-0.3, -0.25) is 4.79 Å². The van der Waals surface area contributed by atoms with Crippen molar-refractivity contribution in [3.8, 4) is 28.5 Å². The fourth-order valence-corrected chi connectivity index (χ4v) is 3.91. The molecule has 0 radical (unpaired) electrons. The molecule has 4 rings (SSSR count). The molecule has 2 aromatic heterocycles. The smallest absolute Gasteiger partial charge is 0.277 e. The van der Waals surface area contributed by atoms with Crippen molar-refractivity contribution in [2.24, 2.45) is 0 Å². The molecule has 4 aromatic rings. The monoisotopic (exact) mass is 458 g/mol. The predicted octanol–water partition coefficient (Wildman–Crippen LogP) is 5.25. The lowest BCUT2D eigenvalue weighted by molar-refractivity contribution is -0.113. The number of thiazole rings is 1. The molecule has 0 saturated heterocycles. The summed E-state index contributed by atoms with van der Waals surface area (Å²) in [6.07, 6.45) is 0. The van der Waals surface area contributed by atoms with E-state index in [1.165, 1.54) is 11.3 Å². The third-order valence-electron chi connectivity index (χ3n) is 3.96. The van der Waals surface area contributed by atoms with E-state index in [2.05, 4.69) is 20.5 Å². The minimum Gasteiger partial charge on any atom is -0.497 e. The van der Waals surface area contributed by atoms with Crippen molar-refractivity contribution in [2.75, 3.05) is 18.2 Å². The van der Waals surface area contributed by atoms with Crippen LogP contribution in [-0.4, -0.2) is 34.0 Å². The number of amides is 1. The summed E-state index contributed by atoms with van der Waals surface area (Å²) in [5.74, 6) is 1.07. The van der Waals surface area contributed by atoms with Crippen LogP contribution in [0, 0.1) is 0 Å². The fraction of sp³-hybridized carbons (Fsp3) is 0.100. The molecule has 0 atom stereocenters. The molecule has 1 N–H and O–H groups in total. The van der Waals surface area contributed by atoms with Crippen LogP contribution in [0.2, 0.25) is 5.02 Å². The Morgan fingerprint density at radius 1 is 1.13 bits per heavy atom. The number of carbonyl (C=O) groups excluding carboxylic acids is 1. The van der Waals surface area contributed by atoms with Crippen molar-refractivity contribution in [3.05, 3.63) is 58.9 Å². The van der Waals surface area contributed by atoms with Crippen LogP contribution in [0.1, 0.15) is 0 Å². The summed E-state index contributed by atoms with van der Waals surface area (Å²) < 4.78 is 10.7. The van der Waals surface area contributed by atoms with Crippen LogP contribution < -0.4 is 10.1 Å². The Kier molecular flexibility index (Phi) is 6.32. The van der Waals surface area contributed by atoms with Gasteiger partial charge in [-0.1, -0.05) is 23.4 Å². The van der Waals surface area contributed by atoms with Gasteiger partial charge >= 0.3 is 0 Å². The Balaban J connectivity index is 1.32. The average molecular weight is 459 g/mol. The van der Waals surface area contributed by atoms with Gasteiger partial charge in [-0.2, -0.15) is 0 Å². The summed E-state index contributed by atoms with van der Waals surface area (Å²) in [6, 6.07) is 14.6. The molecule has 0 aliphatic carbocycles. The topological polar surface area (TPSA) is 90.1 Å². The number of anilines is 1. The highest BCUT2D eigenvalue weighted by atomic mass is 35.5. The van der Waals surface area contributed by atoms with Gasteiger partial charge in [0.25, 0.3) is 5.22 Å². The van der Waals surface area contributed by atoms with Crippen molar-refractivity contribution in [3.63, 3.8) is 0 Å². The van der Waals surface area contributed by atoms with Crippen LogP contribution in [-0.2, 0) is 4.79 Å². The van der Waals surface area contributed by atoms with E-state index in [1.807, 2.05) is 29.6 Å². The fourth-order valence-electron chi connectivity index (χ4n) is 2.49. The summed E-state index contributed by atoms with van der Waals surface area (Å²) in [7, 11) is 1.62. The summed E-state index contributed by atoms with van der Waals surface area (Å²) in [6.45, 7) is 0. The Hall–Kier alpha value is -2.88. The maximum atomic E-state index is 12.2. The zero-order valence-corrected chi connectivity index (χ0v) is 18.1. The maximum Gasteiger partial charge on any atom is 0.277 e. The van der Waals surface area contributed by atoms with Crippen LogP contribution in [0.25, 0.3) is 22.7 Å². The first-order valence-corrected chi connectivity index (χ1v) is 11.0. The zero-order chi connectivity index (χ0) is 20.9. The molecule has 7 nitrogen and oxygen atoms in total. The van der Waals surface area contributed by atoms with Crippen molar-refractivity contribution in [2.45, 2.75) is 5.22 Å². The van der Waals surface area contributed by atoms with E-state index in [9.17, 15) is 4.79 Å². The second-order valence-electron chi connectivity index (χ2n) is 5.98. The molecule has 0 saturated carbocycles. The Morgan fingerprint density at radius 2 is 1.87 bits per heavy atom. The van der Waals surface area contributed by atoms with Gasteiger partial charge in [-0.15, -0.1) is 21.5 Å². The first-order valence-electron chi connectivity index (χ1n) is 8.73. The Labute approximate surface area is 185 Å². The van der Waals surface area contributed by atoms with Crippen molar-refractivity contribution in [1.82, 2.24) is 15.2 Å². The van der Waals surface area contributed by atoms with Gasteiger partial charge < -0.3 is 14.5 Å². The molecule has 152 valence electrons. The SMILES string of the molecule is COc1ccc(-c2csc(NC(=O)CSc3nnc(-c4ccc(Cl)cc4)o3)n2)cc1. The van der Waals surface area contributed by atoms with Crippen LogP contribution in [0.3, 0.4) is 0 Å². The quantitative estimate of drug-likeness (QED) is 0.378. The number of nitrogens with zero attached hydrogens (tertiary/aromatic N) is 3. The lowest BCUT2D eigenvalue weighted by atomic mass is 10.2. The normalized spacial score (nSPS) is 10.7. The van der Waals surface area contributed by atoms with Gasteiger partial charge in [0.15, 0.2) is 5.13 Å². The molecular formula is C20H15ClN4O3S2. The summed E-state index contributed by atoms with van der Waals surface area (Å²) in [4.78, 5) is 16.7. The number of ether oxygens (including phenoxy) is 1. The highest BCUT2D eigenvalue weighted by molar-refractivity contribution is 7.99. The van der Waals surface area contributed by atoms with Gasteiger partial charge in [0.2, 0.25) is 11.8 Å². The third kappa shape index (κ3) is 4.99. The first-order chi connectivity index (χ1) is 14.6. The van der Waals surface area contributed by atoms with Crippen molar-refractivity contribution in [1.29, 1.82) is 0 Å². The highest BCUT2D eigenvalue weighted by Crippen LogP contribution is 2.27. The van der Waals surface area contributed by atoms with E-state index in [1.54, 1.807) is 31.4 Å². The highest BCUT2D eigenvalue weighted by Gasteiger charge is 2.13. The predicted molar refractivity (Wildman–Crippen MR) is 118 cm³/mol. The van der Waals surface area contributed by atoms with Gasteiger partial charge in [0, 0.05) is 21.5 Å². The van der Waals surface area contributed by atoms with E-state index < -0.39 is 0 Å². The molecule has 0 unspecified atom stereocenters. The number of rotatable bonds is 7. The van der Waals surface area contributed by atoms with Gasteiger partial charge in [0.1, 0.15) is 5.75 Å². The molecule has 0 fully saturated rings. The number of benzene rings is 2. The van der Waals surface area contributed by atoms with Gasteiger partial charge in [0.05, 0.1) is 18.6 Å². The third-order valence-corrected chi connectivity index (χ3v) is 5.79. The molecular weight excluding hydrogens is 444 g/mol. The minimum absolute atomic E-state index is 0.125. The largest absolute Gasteiger partial charge is 0.497 e. The van der Waals surface area contributed by atoms with E-state index in [4.69, 9.17) is 20.8 Å². The number of hydrogen-bond donors (Lipinski definition) is 1. The molecule has 30 heavy (non-hydrogen) atoms. The molecule has 2 heterocycles. The number of carbonyl (C=O) groups is 1. The Bertz CT molecular complexity index is 1140. The molecule has 2 aromatic carbocycles. The lowest BCUT2D eigenvalue weighted by Crippen LogP contribution is -2.13. The van der Waals surface area contributed by atoms with Crippen molar-refractivity contribution >= 4 is 45.7 Å². The van der Waals surface area contributed by atoms with E-state index in [-0.39, 0.29) is 11.7 Å². The lowest BCUT2D eigenvalue weighted by Gasteiger charge is -2.01. The van der Waals surface area contributed by atoms with Crippen LogP contribution in [0.15, 0.2) is 63.6 Å². The summed E-state index contributed by atoms with van der Waals surface area (Å²) in [5, 5.41) is 14.1. The second kappa shape index (κ2) is 9.29. The number of aromatic nitrogens is 3. The van der Waals surface area contributed by atoms with Crippen LogP contribution >= 0.6 is 34.7 Å².